The van der Waals surface area contributed by atoms with Crippen molar-refractivity contribution in [3.63, 3.8) is 0 Å². The summed E-state index contributed by atoms with van der Waals surface area (Å²) in [6.45, 7) is 2.42. The Morgan fingerprint density at radius 3 is 2.95 bits per heavy atom. The van der Waals surface area contributed by atoms with E-state index in [2.05, 4.69) is 10.6 Å². The van der Waals surface area contributed by atoms with E-state index in [-0.39, 0.29) is 12.5 Å². The summed E-state index contributed by atoms with van der Waals surface area (Å²) in [4.78, 5) is 23.1. The van der Waals surface area contributed by atoms with Crippen LogP contribution in [0.1, 0.15) is 19.8 Å². The van der Waals surface area contributed by atoms with Gasteiger partial charge in [0.1, 0.15) is 5.75 Å². The summed E-state index contributed by atoms with van der Waals surface area (Å²) in [5.41, 5.74) is 0.857. The van der Waals surface area contributed by atoms with Crippen molar-refractivity contribution < 1.29 is 19.4 Å². The van der Waals surface area contributed by atoms with E-state index in [1.165, 1.54) is 0 Å². The monoisotopic (exact) mass is 292 g/mol. The smallest absolute Gasteiger partial charge is 0.308 e. The molecule has 21 heavy (non-hydrogen) atoms. The predicted molar refractivity (Wildman–Crippen MR) is 78.4 cm³/mol. The van der Waals surface area contributed by atoms with Gasteiger partial charge in [0.15, 0.2) is 6.10 Å². The summed E-state index contributed by atoms with van der Waals surface area (Å²) in [5.74, 6) is -1.10. The molecule has 0 aromatic heterocycles. The predicted octanol–water partition coefficient (Wildman–Crippen LogP) is 1.48. The van der Waals surface area contributed by atoms with Gasteiger partial charge in [0, 0.05) is 6.54 Å². The number of carbonyl (C=O) groups is 2. The second-order valence-electron chi connectivity index (χ2n) is 5.05. The lowest BCUT2D eigenvalue weighted by atomic mass is 10.0. The molecule has 2 atom stereocenters. The van der Waals surface area contributed by atoms with Gasteiger partial charge in [0.25, 0.3) is 5.91 Å². The summed E-state index contributed by atoms with van der Waals surface area (Å²) in [7, 11) is 0. The quantitative estimate of drug-likeness (QED) is 0.739. The van der Waals surface area contributed by atoms with Crippen molar-refractivity contribution in [1.29, 1.82) is 0 Å². The van der Waals surface area contributed by atoms with Crippen LogP contribution in [0.5, 0.6) is 5.75 Å². The number of benzene rings is 1. The van der Waals surface area contributed by atoms with Crippen molar-refractivity contribution in [3.8, 4) is 5.75 Å². The van der Waals surface area contributed by atoms with E-state index in [0.29, 0.717) is 18.7 Å². The fraction of sp³-hybridized carbons (Fsp3) is 0.467. The Bertz CT molecular complexity index is 518. The highest BCUT2D eigenvalue weighted by Gasteiger charge is 2.26. The third-order valence-electron chi connectivity index (χ3n) is 3.44. The highest BCUT2D eigenvalue weighted by atomic mass is 16.5. The third kappa shape index (κ3) is 3.87. The number of anilines is 1. The molecule has 0 radical (unpaired) electrons. The van der Waals surface area contributed by atoms with Gasteiger partial charge in [-0.3, -0.25) is 9.59 Å². The first-order chi connectivity index (χ1) is 10.1. The Balaban J connectivity index is 1.89. The third-order valence-corrected chi connectivity index (χ3v) is 3.44. The molecule has 1 aromatic rings. The van der Waals surface area contributed by atoms with Gasteiger partial charge in [-0.25, -0.2) is 0 Å². The lowest BCUT2D eigenvalue weighted by Gasteiger charge is -2.26. The van der Waals surface area contributed by atoms with Gasteiger partial charge in [0.05, 0.1) is 18.2 Å². The van der Waals surface area contributed by atoms with Gasteiger partial charge >= 0.3 is 5.97 Å². The molecule has 114 valence electrons. The number of amides is 1. The van der Waals surface area contributed by atoms with Crippen molar-refractivity contribution in [1.82, 2.24) is 5.32 Å². The van der Waals surface area contributed by atoms with Crippen molar-refractivity contribution in [2.24, 2.45) is 5.92 Å². The molecule has 1 amide bonds. The molecule has 0 saturated carbocycles. The van der Waals surface area contributed by atoms with Gasteiger partial charge in [-0.05, 0) is 18.6 Å². The minimum atomic E-state index is -0.884. The second-order valence-corrected chi connectivity index (χ2v) is 5.05. The van der Waals surface area contributed by atoms with E-state index in [4.69, 9.17) is 9.84 Å². The Morgan fingerprint density at radius 1 is 1.48 bits per heavy atom. The molecular formula is C15H20N2O4. The largest absolute Gasteiger partial charge is 0.481 e. The zero-order valence-electron chi connectivity index (χ0n) is 12.0. The maximum atomic E-state index is 12.1. The molecule has 0 fully saturated rings. The van der Waals surface area contributed by atoms with Crippen molar-refractivity contribution >= 4 is 17.6 Å². The fourth-order valence-corrected chi connectivity index (χ4v) is 2.26. The second kappa shape index (κ2) is 6.97. The number of nitrogens with one attached hydrogen (secondary N) is 2. The zero-order valence-corrected chi connectivity index (χ0v) is 12.0. The number of carboxylic acids is 1. The standard InChI is InChI=1S/C15H20N2O4/c1-2-5-10(15(19)20)8-17-14(18)13-9-16-11-6-3-4-7-12(11)21-13/h3-4,6-7,10,13,16H,2,5,8-9H2,1H3,(H,17,18)(H,19,20). The molecule has 3 N–H and O–H groups in total. The first kappa shape index (κ1) is 15.2. The van der Waals surface area contributed by atoms with Crippen molar-refractivity contribution in [2.45, 2.75) is 25.9 Å². The molecule has 6 nitrogen and oxygen atoms in total. The number of aliphatic carboxylic acids is 1. The van der Waals surface area contributed by atoms with E-state index in [1.807, 2.05) is 25.1 Å². The highest BCUT2D eigenvalue weighted by Crippen LogP contribution is 2.28. The zero-order chi connectivity index (χ0) is 15.2. The normalized spacial score (nSPS) is 17.9. The number of ether oxygens (including phenoxy) is 1. The Kier molecular flexibility index (Phi) is 5.03. The number of hydrogen-bond acceptors (Lipinski definition) is 4. The maximum Gasteiger partial charge on any atom is 0.308 e. The van der Waals surface area contributed by atoms with Crippen LogP contribution >= 0.6 is 0 Å². The molecule has 2 unspecified atom stereocenters. The van der Waals surface area contributed by atoms with Gasteiger partial charge in [-0.1, -0.05) is 25.5 Å². The van der Waals surface area contributed by atoms with Gasteiger partial charge in [0.2, 0.25) is 0 Å². The molecule has 6 heteroatoms. The minimum Gasteiger partial charge on any atom is -0.481 e. The number of fused-ring (bicyclic) bond motifs is 1. The van der Waals surface area contributed by atoms with Crippen molar-refractivity contribution in [2.75, 3.05) is 18.4 Å². The van der Waals surface area contributed by atoms with Crippen molar-refractivity contribution in [3.05, 3.63) is 24.3 Å². The molecule has 0 spiro atoms. The summed E-state index contributed by atoms with van der Waals surface area (Å²) in [6, 6.07) is 7.39. The summed E-state index contributed by atoms with van der Waals surface area (Å²) < 4.78 is 5.62. The number of carbonyl (C=O) groups excluding carboxylic acids is 1. The lowest BCUT2D eigenvalue weighted by molar-refractivity contribution is -0.142. The average molecular weight is 292 g/mol. The molecule has 1 heterocycles. The molecule has 0 aliphatic carbocycles. The van der Waals surface area contributed by atoms with Gasteiger partial charge < -0.3 is 20.5 Å². The number of carboxylic acid groups (broad SMARTS) is 1. The number of para-hydroxylation sites is 2. The van der Waals surface area contributed by atoms with Crippen LogP contribution in [0.25, 0.3) is 0 Å². The Labute approximate surface area is 123 Å². The summed E-state index contributed by atoms with van der Waals surface area (Å²) >= 11 is 0. The van der Waals surface area contributed by atoms with Gasteiger partial charge in [-0.2, -0.15) is 0 Å². The van der Waals surface area contributed by atoms with Crippen LogP contribution in [0, 0.1) is 5.92 Å². The van der Waals surface area contributed by atoms with E-state index < -0.39 is 18.0 Å². The van der Waals surface area contributed by atoms with Crippen LogP contribution in [0.15, 0.2) is 24.3 Å². The first-order valence-corrected chi connectivity index (χ1v) is 7.12. The molecule has 0 saturated heterocycles. The Hall–Kier alpha value is -2.24. The molecule has 1 aliphatic rings. The molecule has 2 rings (SSSR count). The molecular weight excluding hydrogens is 272 g/mol. The number of hydrogen-bond donors (Lipinski definition) is 3. The Morgan fingerprint density at radius 2 is 2.24 bits per heavy atom. The van der Waals surface area contributed by atoms with E-state index in [1.54, 1.807) is 6.07 Å². The van der Waals surface area contributed by atoms with E-state index >= 15 is 0 Å². The SMILES string of the molecule is CCCC(CNC(=O)C1CNc2ccccc2O1)C(=O)O. The first-order valence-electron chi connectivity index (χ1n) is 7.12. The van der Waals surface area contributed by atoms with Crippen LogP contribution in [-0.4, -0.2) is 36.2 Å². The maximum absolute atomic E-state index is 12.1. The van der Waals surface area contributed by atoms with Crippen LogP contribution in [0.4, 0.5) is 5.69 Å². The lowest BCUT2D eigenvalue weighted by Crippen LogP contribution is -2.46. The van der Waals surface area contributed by atoms with Crippen LogP contribution in [-0.2, 0) is 9.59 Å². The van der Waals surface area contributed by atoms with E-state index in [0.717, 1.165) is 12.1 Å². The fourth-order valence-electron chi connectivity index (χ4n) is 2.26. The van der Waals surface area contributed by atoms with Crippen LogP contribution in [0.3, 0.4) is 0 Å². The topological polar surface area (TPSA) is 87.7 Å². The summed E-state index contributed by atoms with van der Waals surface area (Å²) in [6.07, 6.45) is 0.667. The summed E-state index contributed by atoms with van der Waals surface area (Å²) in [5, 5.41) is 14.9. The average Bonchev–Trinajstić information content (AvgIpc) is 2.50. The highest BCUT2D eigenvalue weighted by molar-refractivity contribution is 5.83. The minimum absolute atomic E-state index is 0.128. The van der Waals surface area contributed by atoms with Crippen LogP contribution < -0.4 is 15.4 Å². The van der Waals surface area contributed by atoms with Crippen LogP contribution in [0.2, 0.25) is 0 Å². The van der Waals surface area contributed by atoms with Gasteiger partial charge in [-0.15, -0.1) is 0 Å². The number of rotatable bonds is 6. The molecule has 1 aromatic carbocycles. The van der Waals surface area contributed by atoms with E-state index in [9.17, 15) is 9.59 Å². The molecule has 0 bridgehead atoms. The molecule has 1 aliphatic heterocycles.